The molecule has 0 atom stereocenters. The molecule has 0 bridgehead atoms. The van der Waals surface area contributed by atoms with Crippen molar-refractivity contribution in [3.05, 3.63) is 35.9 Å². The normalized spacial score (nSPS) is 10.8. The molecule has 2 N–H and O–H groups in total. The highest BCUT2D eigenvalue weighted by Gasteiger charge is 1.96. The van der Waals surface area contributed by atoms with Gasteiger partial charge in [-0.05, 0) is 12.0 Å². The Morgan fingerprint density at radius 1 is 1.07 bits per heavy atom. The van der Waals surface area contributed by atoms with E-state index < -0.39 is 6.29 Å². The molecule has 0 spiro atoms. The van der Waals surface area contributed by atoms with Crippen molar-refractivity contribution in [3.63, 3.8) is 0 Å². The maximum Gasteiger partial charge on any atom is 0.153 e. The first-order valence-electron chi connectivity index (χ1n) is 4.77. The lowest BCUT2D eigenvalue weighted by atomic mass is 10.2. The van der Waals surface area contributed by atoms with Crippen LogP contribution in [0.15, 0.2) is 30.3 Å². The van der Waals surface area contributed by atoms with Gasteiger partial charge in [-0.2, -0.15) is 0 Å². The molecule has 1 aromatic carbocycles. The van der Waals surface area contributed by atoms with Crippen molar-refractivity contribution in [2.24, 2.45) is 0 Å². The van der Waals surface area contributed by atoms with Crippen LogP contribution in [-0.2, 0) is 11.2 Å². The van der Waals surface area contributed by atoms with Crippen LogP contribution in [0.3, 0.4) is 0 Å². The number of rotatable bonds is 6. The van der Waals surface area contributed by atoms with Crippen molar-refractivity contribution >= 4 is 0 Å². The number of hydrogen-bond acceptors (Lipinski definition) is 3. The number of hydrogen-bond donors (Lipinski definition) is 2. The standard InChI is InChI=1S/C11H16O3/c12-11(13)7-9-14-8-6-10-4-2-1-3-5-10/h1-5,11-13H,6-9H2. The molecule has 0 aliphatic carbocycles. The van der Waals surface area contributed by atoms with Gasteiger partial charge >= 0.3 is 0 Å². The molecular formula is C11H16O3. The monoisotopic (exact) mass is 196 g/mol. The molecule has 3 heteroatoms. The van der Waals surface area contributed by atoms with E-state index in [1.807, 2.05) is 30.3 Å². The van der Waals surface area contributed by atoms with E-state index in [0.29, 0.717) is 13.2 Å². The van der Waals surface area contributed by atoms with Crippen molar-refractivity contribution in [2.75, 3.05) is 13.2 Å². The van der Waals surface area contributed by atoms with E-state index >= 15 is 0 Å². The molecule has 0 aliphatic heterocycles. The van der Waals surface area contributed by atoms with Gasteiger partial charge < -0.3 is 14.9 Å². The Morgan fingerprint density at radius 2 is 1.79 bits per heavy atom. The third-order valence-corrected chi connectivity index (χ3v) is 1.90. The maximum absolute atomic E-state index is 8.54. The Balaban J connectivity index is 2.05. The van der Waals surface area contributed by atoms with Gasteiger partial charge in [0.05, 0.1) is 13.2 Å². The zero-order valence-corrected chi connectivity index (χ0v) is 8.10. The van der Waals surface area contributed by atoms with Crippen molar-refractivity contribution in [2.45, 2.75) is 19.1 Å². The third kappa shape index (κ3) is 4.97. The molecule has 1 rings (SSSR count). The summed E-state index contributed by atoms with van der Waals surface area (Å²) in [5.41, 5.74) is 1.23. The van der Waals surface area contributed by atoms with Crippen LogP contribution >= 0.6 is 0 Å². The fraction of sp³-hybridized carbons (Fsp3) is 0.455. The Bertz CT molecular complexity index is 234. The Labute approximate surface area is 84.0 Å². The number of aliphatic hydroxyl groups excluding tert-OH is 1. The average molecular weight is 196 g/mol. The van der Waals surface area contributed by atoms with Crippen molar-refractivity contribution in [1.29, 1.82) is 0 Å². The quantitative estimate of drug-likeness (QED) is 0.526. The third-order valence-electron chi connectivity index (χ3n) is 1.90. The van der Waals surface area contributed by atoms with E-state index in [1.165, 1.54) is 5.56 Å². The molecule has 0 radical (unpaired) electrons. The molecule has 0 aromatic heterocycles. The van der Waals surface area contributed by atoms with Gasteiger partial charge in [-0.3, -0.25) is 0 Å². The summed E-state index contributed by atoms with van der Waals surface area (Å²) in [6.07, 6.45) is -0.122. The molecule has 0 amide bonds. The summed E-state index contributed by atoms with van der Waals surface area (Å²) in [6.45, 7) is 1.02. The fourth-order valence-corrected chi connectivity index (χ4v) is 1.13. The Hall–Kier alpha value is -0.900. The minimum atomic E-state index is -1.26. The van der Waals surface area contributed by atoms with Crippen LogP contribution in [0.5, 0.6) is 0 Å². The lowest BCUT2D eigenvalue weighted by Gasteiger charge is -2.05. The van der Waals surface area contributed by atoms with E-state index in [4.69, 9.17) is 14.9 Å². The lowest BCUT2D eigenvalue weighted by molar-refractivity contribution is -0.0607. The van der Waals surface area contributed by atoms with Crippen molar-refractivity contribution < 1.29 is 14.9 Å². The molecule has 0 saturated heterocycles. The van der Waals surface area contributed by atoms with Gasteiger partial charge in [0.2, 0.25) is 0 Å². The summed E-state index contributed by atoms with van der Waals surface area (Å²) < 4.78 is 5.23. The minimum absolute atomic E-state index is 0.273. The zero-order chi connectivity index (χ0) is 10.2. The molecule has 0 saturated carbocycles. The molecule has 0 fully saturated rings. The Morgan fingerprint density at radius 3 is 2.43 bits per heavy atom. The molecule has 14 heavy (non-hydrogen) atoms. The van der Waals surface area contributed by atoms with E-state index in [-0.39, 0.29) is 6.42 Å². The first-order chi connectivity index (χ1) is 6.79. The smallest absolute Gasteiger partial charge is 0.153 e. The van der Waals surface area contributed by atoms with E-state index in [1.54, 1.807) is 0 Å². The lowest BCUT2D eigenvalue weighted by Crippen LogP contribution is -2.09. The molecule has 1 aromatic rings. The minimum Gasteiger partial charge on any atom is -0.381 e. The summed E-state index contributed by atoms with van der Waals surface area (Å²) >= 11 is 0. The van der Waals surface area contributed by atoms with Crippen molar-refractivity contribution in [3.8, 4) is 0 Å². The molecule has 0 aliphatic rings. The van der Waals surface area contributed by atoms with Crippen LogP contribution in [0.1, 0.15) is 12.0 Å². The molecular weight excluding hydrogens is 180 g/mol. The van der Waals surface area contributed by atoms with Gasteiger partial charge in [-0.15, -0.1) is 0 Å². The summed E-state index contributed by atoms with van der Waals surface area (Å²) in [6, 6.07) is 10.1. The zero-order valence-electron chi connectivity index (χ0n) is 8.10. The van der Waals surface area contributed by atoms with Gasteiger partial charge in [0, 0.05) is 6.42 Å². The fourth-order valence-electron chi connectivity index (χ4n) is 1.13. The SMILES string of the molecule is OC(O)CCOCCc1ccccc1. The number of ether oxygens (including phenoxy) is 1. The van der Waals surface area contributed by atoms with Crippen molar-refractivity contribution in [1.82, 2.24) is 0 Å². The second-order valence-electron chi connectivity index (χ2n) is 3.12. The molecule has 3 nitrogen and oxygen atoms in total. The molecule has 0 unspecified atom stereocenters. The van der Waals surface area contributed by atoms with Crippen LogP contribution in [0.4, 0.5) is 0 Å². The van der Waals surface area contributed by atoms with Gasteiger partial charge in [-0.25, -0.2) is 0 Å². The van der Waals surface area contributed by atoms with Crippen LogP contribution < -0.4 is 0 Å². The summed E-state index contributed by atoms with van der Waals surface area (Å²) in [7, 11) is 0. The molecule has 0 heterocycles. The van der Waals surface area contributed by atoms with E-state index in [0.717, 1.165) is 6.42 Å². The predicted octanol–water partition coefficient (Wildman–Crippen LogP) is 0.946. The topological polar surface area (TPSA) is 49.7 Å². The van der Waals surface area contributed by atoms with Crippen LogP contribution in [0.25, 0.3) is 0 Å². The highest BCUT2D eigenvalue weighted by Crippen LogP contribution is 1.99. The highest BCUT2D eigenvalue weighted by atomic mass is 16.5. The second kappa shape index (κ2) is 6.54. The number of aliphatic hydroxyl groups is 2. The van der Waals surface area contributed by atoms with Gasteiger partial charge in [0.25, 0.3) is 0 Å². The van der Waals surface area contributed by atoms with Gasteiger partial charge in [0.15, 0.2) is 6.29 Å². The predicted molar refractivity (Wildman–Crippen MR) is 53.8 cm³/mol. The van der Waals surface area contributed by atoms with Crippen LogP contribution in [0.2, 0.25) is 0 Å². The first-order valence-corrected chi connectivity index (χ1v) is 4.77. The van der Waals surface area contributed by atoms with Gasteiger partial charge in [-0.1, -0.05) is 30.3 Å². The summed E-state index contributed by atoms with van der Waals surface area (Å²) in [5, 5.41) is 17.1. The van der Waals surface area contributed by atoms with E-state index in [9.17, 15) is 0 Å². The second-order valence-corrected chi connectivity index (χ2v) is 3.12. The Kier molecular flexibility index (Phi) is 5.22. The van der Waals surface area contributed by atoms with Gasteiger partial charge in [0.1, 0.15) is 0 Å². The van der Waals surface area contributed by atoms with E-state index in [2.05, 4.69) is 0 Å². The highest BCUT2D eigenvalue weighted by molar-refractivity contribution is 5.14. The maximum atomic E-state index is 8.54. The summed E-state index contributed by atoms with van der Waals surface area (Å²) in [4.78, 5) is 0. The summed E-state index contributed by atoms with van der Waals surface area (Å²) in [5.74, 6) is 0. The van der Waals surface area contributed by atoms with Crippen LogP contribution in [-0.4, -0.2) is 29.7 Å². The largest absolute Gasteiger partial charge is 0.381 e. The first kappa shape index (κ1) is 11.2. The number of benzene rings is 1. The molecule has 78 valence electrons. The van der Waals surface area contributed by atoms with Crippen LogP contribution in [0, 0.1) is 0 Å². The average Bonchev–Trinajstić information content (AvgIpc) is 2.18.